The van der Waals surface area contributed by atoms with Crippen LogP contribution in [-0.2, 0) is 25.7 Å². The standard InChI is InChI=1S/C26H26/c1-3-19-13-23-11-9-17(25(23)15-21(19)5-1)7-8-18-10-12-24-14-20-4-2-6-22(20)16-26(18)24/h9-18H,1-8H2. The molecule has 0 aromatic heterocycles. The summed E-state index contributed by atoms with van der Waals surface area (Å²) < 4.78 is 0. The van der Waals surface area contributed by atoms with E-state index in [-0.39, 0.29) is 0 Å². The Labute approximate surface area is 156 Å². The fraction of sp³-hybridized carbons (Fsp3) is 0.385. The predicted octanol–water partition coefficient (Wildman–Crippen LogP) is 6.37. The molecule has 2 aromatic carbocycles. The molecule has 0 spiro atoms. The van der Waals surface area contributed by atoms with E-state index in [9.17, 15) is 0 Å². The van der Waals surface area contributed by atoms with E-state index in [0.717, 1.165) is 0 Å². The highest BCUT2D eigenvalue weighted by atomic mass is 14.3. The lowest BCUT2D eigenvalue weighted by molar-refractivity contribution is 0.641. The van der Waals surface area contributed by atoms with E-state index in [0.29, 0.717) is 11.8 Å². The first-order valence-electron chi connectivity index (χ1n) is 10.5. The van der Waals surface area contributed by atoms with Gasteiger partial charge in [0.2, 0.25) is 0 Å². The number of rotatable bonds is 3. The molecule has 130 valence electrons. The summed E-state index contributed by atoms with van der Waals surface area (Å²) in [7, 11) is 0. The number of aryl methyl sites for hydroxylation is 4. The van der Waals surface area contributed by atoms with E-state index in [2.05, 4.69) is 48.6 Å². The first-order chi connectivity index (χ1) is 12.8. The molecule has 0 bridgehead atoms. The maximum absolute atomic E-state index is 2.54. The number of hydrogen-bond acceptors (Lipinski definition) is 0. The monoisotopic (exact) mass is 338 g/mol. The van der Waals surface area contributed by atoms with Crippen LogP contribution in [0.2, 0.25) is 0 Å². The van der Waals surface area contributed by atoms with Gasteiger partial charge in [0.05, 0.1) is 0 Å². The van der Waals surface area contributed by atoms with E-state index in [1.54, 1.807) is 33.4 Å². The summed E-state index contributed by atoms with van der Waals surface area (Å²) in [6.07, 6.45) is 20.1. The van der Waals surface area contributed by atoms with Gasteiger partial charge in [-0.15, -0.1) is 0 Å². The molecule has 0 N–H and O–H groups in total. The molecule has 0 heterocycles. The highest BCUT2D eigenvalue weighted by molar-refractivity contribution is 5.66. The Morgan fingerprint density at radius 2 is 1.00 bits per heavy atom. The molecule has 2 aromatic rings. The van der Waals surface area contributed by atoms with Crippen LogP contribution in [0.25, 0.3) is 12.2 Å². The fourth-order valence-corrected chi connectivity index (χ4v) is 5.76. The highest BCUT2D eigenvalue weighted by Gasteiger charge is 2.25. The van der Waals surface area contributed by atoms with Gasteiger partial charge in [-0.3, -0.25) is 0 Å². The van der Waals surface area contributed by atoms with Gasteiger partial charge in [0.15, 0.2) is 0 Å². The lowest BCUT2D eigenvalue weighted by Crippen LogP contribution is -2.01. The largest absolute Gasteiger partial charge is 0.0764 e. The summed E-state index contributed by atoms with van der Waals surface area (Å²) in [5, 5.41) is 0. The average molecular weight is 338 g/mol. The van der Waals surface area contributed by atoms with Crippen molar-refractivity contribution in [2.45, 2.75) is 63.2 Å². The van der Waals surface area contributed by atoms with Crippen molar-refractivity contribution < 1.29 is 0 Å². The molecule has 6 rings (SSSR count). The van der Waals surface area contributed by atoms with Gasteiger partial charge in [-0.25, -0.2) is 0 Å². The quantitative estimate of drug-likeness (QED) is 0.610. The second-order valence-electron chi connectivity index (χ2n) is 8.72. The Morgan fingerprint density at radius 3 is 1.46 bits per heavy atom. The third-order valence-electron chi connectivity index (χ3n) is 7.20. The molecule has 0 nitrogen and oxygen atoms in total. The van der Waals surface area contributed by atoms with Crippen molar-refractivity contribution >= 4 is 12.2 Å². The smallest absolute Gasteiger partial charge is 0.00276 e. The Kier molecular flexibility index (Phi) is 3.30. The van der Waals surface area contributed by atoms with Crippen LogP contribution < -0.4 is 0 Å². The van der Waals surface area contributed by atoms with Crippen molar-refractivity contribution in [3.63, 3.8) is 0 Å². The summed E-state index contributed by atoms with van der Waals surface area (Å²) >= 11 is 0. The molecule has 0 amide bonds. The summed E-state index contributed by atoms with van der Waals surface area (Å²) in [5.74, 6) is 1.26. The van der Waals surface area contributed by atoms with Crippen molar-refractivity contribution in [2.75, 3.05) is 0 Å². The maximum Gasteiger partial charge on any atom is 0.00276 e. The minimum absolute atomic E-state index is 0.628. The zero-order valence-corrected chi connectivity index (χ0v) is 15.4. The first kappa shape index (κ1) is 15.0. The summed E-state index contributed by atoms with van der Waals surface area (Å²) in [6.45, 7) is 0. The normalized spacial score (nSPS) is 24.0. The van der Waals surface area contributed by atoms with Crippen molar-refractivity contribution in [2.24, 2.45) is 0 Å². The molecule has 4 aliphatic rings. The minimum atomic E-state index is 0.628. The molecule has 2 atom stereocenters. The van der Waals surface area contributed by atoms with E-state index < -0.39 is 0 Å². The molecule has 0 saturated heterocycles. The van der Waals surface area contributed by atoms with Gasteiger partial charge in [0.1, 0.15) is 0 Å². The topological polar surface area (TPSA) is 0 Å². The van der Waals surface area contributed by atoms with E-state index in [1.165, 1.54) is 62.5 Å². The summed E-state index contributed by atoms with van der Waals surface area (Å²) in [4.78, 5) is 0. The second kappa shape index (κ2) is 5.71. The molecule has 0 fully saturated rings. The fourth-order valence-electron chi connectivity index (χ4n) is 5.76. The van der Waals surface area contributed by atoms with Crippen LogP contribution >= 0.6 is 0 Å². The Hall–Kier alpha value is -2.08. The third-order valence-corrected chi connectivity index (χ3v) is 7.20. The lowest BCUT2D eigenvalue weighted by atomic mass is 9.87. The summed E-state index contributed by atoms with van der Waals surface area (Å²) in [6, 6.07) is 10.0. The van der Waals surface area contributed by atoms with Gasteiger partial charge in [0.25, 0.3) is 0 Å². The molecule has 0 aliphatic heterocycles. The van der Waals surface area contributed by atoms with Crippen molar-refractivity contribution in [1.82, 2.24) is 0 Å². The van der Waals surface area contributed by atoms with Crippen molar-refractivity contribution in [1.29, 1.82) is 0 Å². The van der Waals surface area contributed by atoms with Crippen molar-refractivity contribution in [3.8, 4) is 0 Å². The Balaban J connectivity index is 1.22. The van der Waals surface area contributed by atoms with Gasteiger partial charge in [0, 0.05) is 11.8 Å². The highest BCUT2D eigenvalue weighted by Crippen LogP contribution is 2.42. The van der Waals surface area contributed by atoms with E-state index in [1.807, 2.05) is 0 Å². The van der Waals surface area contributed by atoms with Crippen LogP contribution in [-0.4, -0.2) is 0 Å². The lowest BCUT2D eigenvalue weighted by Gasteiger charge is -2.17. The molecule has 26 heavy (non-hydrogen) atoms. The predicted molar refractivity (Wildman–Crippen MR) is 110 cm³/mol. The molecule has 0 saturated carbocycles. The molecule has 0 radical (unpaired) electrons. The third kappa shape index (κ3) is 2.28. The van der Waals surface area contributed by atoms with E-state index >= 15 is 0 Å². The SMILES string of the molecule is C1=CC(CCC2C=Cc3cc4c(cc32)CCC4)c2cc3c(cc21)CCC3. The first-order valence-corrected chi connectivity index (χ1v) is 10.5. The van der Waals surface area contributed by atoms with Crippen LogP contribution in [0.3, 0.4) is 0 Å². The van der Waals surface area contributed by atoms with Crippen LogP contribution in [0.4, 0.5) is 0 Å². The minimum Gasteiger partial charge on any atom is -0.0764 e. The maximum atomic E-state index is 2.54. The van der Waals surface area contributed by atoms with Gasteiger partial charge in [-0.05, 0) is 95.9 Å². The average Bonchev–Trinajstić information content (AvgIpc) is 3.42. The zero-order chi connectivity index (χ0) is 17.1. The number of allylic oxidation sites excluding steroid dienone is 2. The van der Waals surface area contributed by atoms with Gasteiger partial charge in [-0.1, -0.05) is 48.6 Å². The molecule has 4 aliphatic carbocycles. The van der Waals surface area contributed by atoms with Crippen LogP contribution in [0.5, 0.6) is 0 Å². The molecule has 2 unspecified atom stereocenters. The van der Waals surface area contributed by atoms with Crippen LogP contribution in [0, 0.1) is 0 Å². The van der Waals surface area contributed by atoms with Crippen LogP contribution in [0.1, 0.15) is 82.0 Å². The molecular formula is C26H26. The number of fused-ring (bicyclic) bond motifs is 4. The van der Waals surface area contributed by atoms with E-state index in [4.69, 9.17) is 0 Å². The number of benzene rings is 2. The zero-order valence-electron chi connectivity index (χ0n) is 15.4. The summed E-state index contributed by atoms with van der Waals surface area (Å²) in [5.41, 5.74) is 12.7. The Bertz CT molecular complexity index is 877. The second-order valence-corrected chi connectivity index (χ2v) is 8.72. The van der Waals surface area contributed by atoms with Crippen molar-refractivity contribution in [3.05, 3.63) is 80.9 Å². The number of hydrogen-bond donors (Lipinski definition) is 0. The molecular weight excluding hydrogens is 312 g/mol. The molecule has 0 heteroatoms. The van der Waals surface area contributed by atoms with Gasteiger partial charge >= 0.3 is 0 Å². The van der Waals surface area contributed by atoms with Gasteiger partial charge < -0.3 is 0 Å². The van der Waals surface area contributed by atoms with Gasteiger partial charge in [-0.2, -0.15) is 0 Å². The van der Waals surface area contributed by atoms with Crippen LogP contribution in [0.15, 0.2) is 36.4 Å². The Morgan fingerprint density at radius 1 is 0.577 bits per heavy atom.